The largest absolute Gasteiger partial charge is 0.497 e. The number of hydrogen-bond donors (Lipinski definition) is 0. The van der Waals surface area contributed by atoms with Crippen LogP contribution in [0.5, 0.6) is 5.75 Å². The van der Waals surface area contributed by atoms with E-state index in [0.29, 0.717) is 5.56 Å². The molecule has 2 rings (SSSR count). The van der Waals surface area contributed by atoms with Crippen LogP contribution >= 0.6 is 0 Å². The number of carbonyl (C=O) groups is 1. The lowest BCUT2D eigenvalue weighted by molar-refractivity contribution is 0.112. The van der Waals surface area contributed by atoms with Crippen molar-refractivity contribution in [3.05, 3.63) is 48.3 Å². The van der Waals surface area contributed by atoms with Gasteiger partial charge in [-0.15, -0.1) is 0 Å². The molecule has 1 aromatic carbocycles. The summed E-state index contributed by atoms with van der Waals surface area (Å²) in [7, 11) is 1.62. The van der Waals surface area contributed by atoms with Crippen molar-refractivity contribution in [3.63, 3.8) is 0 Å². The molecule has 1 heterocycles. The van der Waals surface area contributed by atoms with Crippen LogP contribution in [-0.2, 0) is 0 Å². The van der Waals surface area contributed by atoms with Gasteiger partial charge in [-0.25, -0.2) is 0 Å². The fourth-order valence-electron chi connectivity index (χ4n) is 1.48. The van der Waals surface area contributed by atoms with E-state index in [0.717, 1.165) is 23.2 Å². The predicted octanol–water partition coefficient (Wildman–Crippen LogP) is 2.57. The fourth-order valence-corrected chi connectivity index (χ4v) is 1.48. The minimum Gasteiger partial charge on any atom is -0.497 e. The van der Waals surface area contributed by atoms with Crippen LogP contribution in [-0.4, -0.2) is 18.4 Å². The molecule has 3 heteroatoms. The van der Waals surface area contributed by atoms with Crippen LogP contribution in [0.1, 0.15) is 10.4 Å². The molecule has 0 spiro atoms. The molecule has 16 heavy (non-hydrogen) atoms. The second kappa shape index (κ2) is 4.57. The minimum atomic E-state index is 0.570. The maximum absolute atomic E-state index is 10.6. The Labute approximate surface area is 93.7 Å². The number of pyridine rings is 1. The SMILES string of the molecule is COc1cccc(-c2cncc(C=O)c2)c1. The van der Waals surface area contributed by atoms with Crippen LogP contribution in [0, 0.1) is 0 Å². The minimum absolute atomic E-state index is 0.570. The quantitative estimate of drug-likeness (QED) is 0.735. The monoisotopic (exact) mass is 213 g/mol. The smallest absolute Gasteiger partial charge is 0.151 e. The van der Waals surface area contributed by atoms with Crippen molar-refractivity contribution in [2.45, 2.75) is 0 Å². The Kier molecular flexibility index (Phi) is 2.96. The lowest BCUT2D eigenvalue weighted by Gasteiger charge is -2.04. The fraction of sp³-hybridized carbons (Fsp3) is 0.0769. The Morgan fingerprint density at radius 2 is 2.06 bits per heavy atom. The Morgan fingerprint density at radius 1 is 1.19 bits per heavy atom. The van der Waals surface area contributed by atoms with E-state index in [4.69, 9.17) is 4.74 Å². The van der Waals surface area contributed by atoms with Crippen molar-refractivity contribution in [2.75, 3.05) is 7.11 Å². The third kappa shape index (κ3) is 2.08. The summed E-state index contributed by atoms with van der Waals surface area (Å²) in [6.45, 7) is 0. The van der Waals surface area contributed by atoms with E-state index in [1.165, 1.54) is 6.20 Å². The molecule has 0 saturated heterocycles. The van der Waals surface area contributed by atoms with Crippen LogP contribution in [0.15, 0.2) is 42.7 Å². The van der Waals surface area contributed by atoms with Crippen LogP contribution in [0.3, 0.4) is 0 Å². The second-order valence-electron chi connectivity index (χ2n) is 3.36. The molecular formula is C13H11NO2. The highest BCUT2D eigenvalue weighted by molar-refractivity contribution is 5.78. The average molecular weight is 213 g/mol. The van der Waals surface area contributed by atoms with Crippen molar-refractivity contribution in [2.24, 2.45) is 0 Å². The summed E-state index contributed by atoms with van der Waals surface area (Å²) < 4.78 is 5.14. The van der Waals surface area contributed by atoms with Crippen molar-refractivity contribution in [3.8, 4) is 16.9 Å². The van der Waals surface area contributed by atoms with Crippen molar-refractivity contribution >= 4 is 6.29 Å². The summed E-state index contributed by atoms with van der Waals surface area (Å²) in [6, 6.07) is 9.44. The van der Waals surface area contributed by atoms with Gasteiger partial charge < -0.3 is 4.74 Å². The number of hydrogen-bond acceptors (Lipinski definition) is 3. The summed E-state index contributed by atoms with van der Waals surface area (Å²) in [5, 5.41) is 0. The first-order valence-electron chi connectivity index (χ1n) is 4.88. The summed E-state index contributed by atoms with van der Waals surface area (Å²) >= 11 is 0. The van der Waals surface area contributed by atoms with E-state index in [9.17, 15) is 4.79 Å². The van der Waals surface area contributed by atoms with Gasteiger partial charge in [0.05, 0.1) is 7.11 Å². The normalized spacial score (nSPS) is 9.81. The van der Waals surface area contributed by atoms with Gasteiger partial charge in [-0.3, -0.25) is 9.78 Å². The Balaban J connectivity index is 2.45. The molecule has 0 atom stereocenters. The number of benzene rings is 1. The first kappa shape index (κ1) is 10.4. The topological polar surface area (TPSA) is 39.2 Å². The molecule has 0 aliphatic rings. The van der Waals surface area contributed by atoms with Crippen LogP contribution in [0.2, 0.25) is 0 Å². The van der Waals surface area contributed by atoms with Crippen LogP contribution in [0.25, 0.3) is 11.1 Å². The molecule has 3 nitrogen and oxygen atoms in total. The molecule has 0 N–H and O–H groups in total. The maximum atomic E-state index is 10.6. The lowest BCUT2D eigenvalue weighted by atomic mass is 10.1. The zero-order chi connectivity index (χ0) is 11.4. The van der Waals surface area contributed by atoms with Gasteiger partial charge in [0.2, 0.25) is 0 Å². The van der Waals surface area contributed by atoms with E-state index >= 15 is 0 Å². The second-order valence-corrected chi connectivity index (χ2v) is 3.36. The average Bonchev–Trinajstić information content (AvgIpc) is 2.39. The van der Waals surface area contributed by atoms with Gasteiger partial charge in [-0.1, -0.05) is 12.1 Å². The number of rotatable bonds is 3. The maximum Gasteiger partial charge on any atom is 0.151 e. The summed E-state index contributed by atoms with van der Waals surface area (Å²) in [5.41, 5.74) is 2.46. The molecule has 80 valence electrons. The zero-order valence-electron chi connectivity index (χ0n) is 8.88. The van der Waals surface area contributed by atoms with E-state index in [1.807, 2.05) is 24.3 Å². The molecule has 0 bridgehead atoms. The van der Waals surface area contributed by atoms with Gasteiger partial charge in [0.25, 0.3) is 0 Å². The molecule has 0 unspecified atom stereocenters. The first-order chi connectivity index (χ1) is 7.83. The standard InChI is InChI=1S/C13H11NO2/c1-16-13-4-2-3-11(6-13)12-5-10(9-15)7-14-8-12/h2-9H,1H3. The molecule has 0 saturated carbocycles. The number of carbonyl (C=O) groups excluding carboxylic acids is 1. The summed E-state index contributed by atoms with van der Waals surface area (Å²) in [4.78, 5) is 14.7. The molecule has 0 aliphatic heterocycles. The Bertz CT molecular complexity index is 509. The lowest BCUT2D eigenvalue weighted by Crippen LogP contribution is -1.87. The summed E-state index contributed by atoms with van der Waals surface area (Å²) in [6.07, 6.45) is 4.05. The molecule has 0 amide bonds. The number of methoxy groups -OCH3 is 1. The highest BCUT2D eigenvalue weighted by atomic mass is 16.5. The van der Waals surface area contributed by atoms with E-state index in [1.54, 1.807) is 19.4 Å². The van der Waals surface area contributed by atoms with Gasteiger partial charge in [-0.2, -0.15) is 0 Å². The van der Waals surface area contributed by atoms with Crippen molar-refractivity contribution in [1.82, 2.24) is 4.98 Å². The molecule has 1 aromatic heterocycles. The highest BCUT2D eigenvalue weighted by Crippen LogP contribution is 2.23. The van der Waals surface area contributed by atoms with Gasteiger partial charge >= 0.3 is 0 Å². The number of nitrogens with zero attached hydrogens (tertiary/aromatic N) is 1. The number of aldehydes is 1. The van der Waals surface area contributed by atoms with Crippen molar-refractivity contribution < 1.29 is 9.53 Å². The summed E-state index contributed by atoms with van der Waals surface area (Å²) in [5.74, 6) is 0.786. The molecular weight excluding hydrogens is 202 g/mol. The molecule has 2 aromatic rings. The zero-order valence-corrected chi connectivity index (χ0v) is 8.88. The first-order valence-corrected chi connectivity index (χ1v) is 4.88. The van der Waals surface area contributed by atoms with Gasteiger partial charge in [0.1, 0.15) is 5.75 Å². The van der Waals surface area contributed by atoms with Crippen LogP contribution < -0.4 is 4.74 Å². The van der Waals surface area contributed by atoms with Gasteiger partial charge in [-0.05, 0) is 23.8 Å². The third-order valence-corrected chi connectivity index (χ3v) is 2.30. The van der Waals surface area contributed by atoms with Crippen LogP contribution in [0.4, 0.5) is 0 Å². The molecule has 0 radical (unpaired) electrons. The molecule has 0 aliphatic carbocycles. The van der Waals surface area contributed by atoms with Gasteiger partial charge in [0, 0.05) is 23.5 Å². The number of aromatic nitrogens is 1. The van der Waals surface area contributed by atoms with E-state index in [2.05, 4.69) is 4.98 Å². The van der Waals surface area contributed by atoms with Crippen molar-refractivity contribution in [1.29, 1.82) is 0 Å². The highest BCUT2D eigenvalue weighted by Gasteiger charge is 2.01. The third-order valence-electron chi connectivity index (χ3n) is 2.30. The number of ether oxygens (including phenoxy) is 1. The Hall–Kier alpha value is -2.16. The van der Waals surface area contributed by atoms with Gasteiger partial charge in [0.15, 0.2) is 6.29 Å². The predicted molar refractivity (Wildman–Crippen MR) is 61.6 cm³/mol. The Morgan fingerprint density at radius 3 is 2.81 bits per heavy atom. The molecule has 0 fully saturated rings. The van der Waals surface area contributed by atoms with E-state index in [-0.39, 0.29) is 0 Å². The van der Waals surface area contributed by atoms with E-state index < -0.39 is 0 Å².